The Morgan fingerprint density at radius 2 is 1.13 bits per heavy atom. The second-order valence-electron chi connectivity index (χ2n) is 4.41. The zero-order valence-electron chi connectivity index (χ0n) is 10.7. The molecule has 0 rings (SSSR count). The van der Waals surface area contributed by atoms with Crippen LogP contribution in [0.2, 0.25) is 0 Å². The number of rotatable bonds is 6. The van der Waals surface area contributed by atoms with Gasteiger partial charge in [0.1, 0.15) is 5.92 Å². The summed E-state index contributed by atoms with van der Waals surface area (Å²) in [5.74, 6) is -10.1. The van der Waals surface area contributed by atoms with E-state index in [1.807, 2.05) is 0 Å². The molecule has 0 saturated carbocycles. The van der Waals surface area contributed by atoms with Crippen LogP contribution in [-0.2, 0) is 4.74 Å². The van der Waals surface area contributed by atoms with Gasteiger partial charge >= 0.3 is 30.5 Å². The quantitative estimate of drug-likeness (QED) is 0.569. The van der Waals surface area contributed by atoms with Gasteiger partial charge in [0, 0.05) is 13.3 Å². The first-order valence-electron chi connectivity index (χ1n) is 5.33. The fourth-order valence-corrected chi connectivity index (χ4v) is 1.13. The van der Waals surface area contributed by atoms with Crippen LogP contribution < -0.4 is 0 Å². The zero-order valence-corrected chi connectivity index (χ0v) is 10.7. The third-order valence-electron chi connectivity index (χ3n) is 2.37. The van der Waals surface area contributed by atoms with Gasteiger partial charge in [0.15, 0.2) is 6.17 Å². The molecule has 0 radical (unpaired) electrons. The molecule has 0 aromatic carbocycles. The first kappa shape index (κ1) is 22.1. The molecule has 140 valence electrons. The molecule has 1 nitrogen and oxygen atoms in total. The summed E-state index contributed by atoms with van der Waals surface area (Å²) in [5.41, 5.74) is 0. The molecule has 14 heteroatoms. The number of halogens is 13. The molecule has 0 heterocycles. The second-order valence-corrected chi connectivity index (χ2v) is 4.41. The minimum absolute atomic E-state index is 0.681. The lowest BCUT2D eigenvalue weighted by Crippen LogP contribution is -2.52. The van der Waals surface area contributed by atoms with E-state index in [1.165, 1.54) is 0 Å². The fraction of sp³-hybridized carbons (Fsp3) is 1.00. The van der Waals surface area contributed by atoms with Crippen LogP contribution in [0, 0.1) is 5.92 Å². The van der Waals surface area contributed by atoms with Crippen LogP contribution in [0.15, 0.2) is 0 Å². The maximum absolute atomic E-state index is 13.1. The van der Waals surface area contributed by atoms with Crippen molar-refractivity contribution in [2.24, 2.45) is 5.92 Å². The lowest BCUT2D eigenvalue weighted by molar-refractivity contribution is -0.456. The molecule has 0 aliphatic carbocycles. The highest BCUT2D eigenvalue weighted by atomic mass is 19.4. The Kier molecular flexibility index (Phi) is 5.91. The smallest absolute Gasteiger partial charge is 0.250 e. The highest BCUT2D eigenvalue weighted by Crippen LogP contribution is 2.48. The van der Waals surface area contributed by atoms with E-state index >= 15 is 0 Å². The van der Waals surface area contributed by atoms with Gasteiger partial charge in [-0.25, -0.2) is 9.13 Å². The van der Waals surface area contributed by atoms with Gasteiger partial charge < -0.3 is 0 Å². The highest BCUT2D eigenvalue weighted by molar-refractivity contribution is 4.84. The number of ether oxygens (including phenoxy) is 1. The maximum Gasteiger partial charge on any atom is 0.423 e. The fourth-order valence-electron chi connectivity index (χ4n) is 1.13. The van der Waals surface area contributed by atoms with Crippen molar-refractivity contribution in [1.82, 2.24) is 0 Å². The lowest BCUT2D eigenvalue weighted by atomic mass is 10.00. The summed E-state index contributed by atoms with van der Waals surface area (Å²) >= 11 is 0. The summed E-state index contributed by atoms with van der Waals surface area (Å²) < 4.78 is 163. The normalized spacial score (nSPS) is 18.0. The molecule has 0 bridgehead atoms. The standard InChI is InChI=1S/C9H7F13O/c1-5(11,12)9(21,22)23-8(19,20)3(6(13,14)15)2-4(10)7(16,17)18/h3-4H,2H2,1H3. The highest BCUT2D eigenvalue weighted by Gasteiger charge is 2.66. The van der Waals surface area contributed by atoms with Crippen LogP contribution >= 0.6 is 0 Å². The van der Waals surface area contributed by atoms with Crippen LogP contribution in [0.25, 0.3) is 0 Å². The molecular formula is C9H7F13O. The Morgan fingerprint density at radius 3 is 1.39 bits per heavy atom. The average Bonchev–Trinajstić information content (AvgIpc) is 2.18. The molecule has 0 saturated heterocycles. The molecule has 0 fully saturated rings. The van der Waals surface area contributed by atoms with Gasteiger partial charge in [-0.05, 0) is 0 Å². The van der Waals surface area contributed by atoms with Crippen LogP contribution in [0.1, 0.15) is 13.3 Å². The van der Waals surface area contributed by atoms with E-state index in [1.54, 1.807) is 0 Å². The van der Waals surface area contributed by atoms with E-state index in [9.17, 15) is 57.1 Å². The molecule has 0 aromatic rings. The van der Waals surface area contributed by atoms with Gasteiger partial charge in [-0.2, -0.15) is 52.7 Å². The summed E-state index contributed by atoms with van der Waals surface area (Å²) in [6.07, 6.45) is -32.3. The Bertz CT molecular complexity index is 390. The van der Waals surface area contributed by atoms with Crippen LogP contribution in [0.4, 0.5) is 57.1 Å². The molecule has 2 atom stereocenters. The van der Waals surface area contributed by atoms with Crippen LogP contribution in [0.5, 0.6) is 0 Å². The first-order valence-corrected chi connectivity index (χ1v) is 5.33. The number of alkyl halides is 13. The van der Waals surface area contributed by atoms with Crippen molar-refractivity contribution in [2.45, 2.75) is 50.0 Å². The average molecular weight is 378 g/mol. The van der Waals surface area contributed by atoms with Crippen molar-refractivity contribution in [3.05, 3.63) is 0 Å². The van der Waals surface area contributed by atoms with Gasteiger partial charge in [0.25, 0.3) is 0 Å². The van der Waals surface area contributed by atoms with Crippen molar-refractivity contribution in [1.29, 1.82) is 0 Å². The van der Waals surface area contributed by atoms with Crippen molar-refractivity contribution in [3.8, 4) is 0 Å². The van der Waals surface area contributed by atoms with E-state index in [0.29, 0.717) is 0 Å². The minimum atomic E-state index is -6.35. The minimum Gasteiger partial charge on any atom is -0.250 e. The van der Waals surface area contributed by atoms with E-state index < -0.39 is 55.9 Å². The van der Waals surface area contributed by atoms with Crippen molar-refractivity contribution < 1.29 is 61.8 Å². The van der Waals surface area contributed by atoms with E-state index in [2.05, 4.69) is 4.74 Å². The number of hydrogen-bond donors (Lipinski definition) is 0. The Labute approximate surface area is 119 Å². The van der Waals surface area contributed by atoms with Crippen molar-refractivity contribution in [3.63, 3.8) is 0 Å². The monoisotopic (exact) mass is 378 g/mol. The Hall–Kier alpha value is -0.950. The molecular weight excluding hydrogens is 371 g/mol. The van der Waals surface area contributed by atoms with Crippen LogP contribution in [-0.4, -0.2) is 36.7 Å². The Morgan fingerprint density at radius 1 is 0.739 bits per heavy atom. The van der Waals surface area contributed by atoms with Gasteiger partial charge in [-0.1, -0.05) is 0 Å². The SMILES string of the molecule is CC(F)(F)C(F)(F)OC(F)(F)C(CC(F)C(F)(F)F)C(F)(F)F. The van der Waals surface area contributed by atoms with Gasteiger partial charge in [-0.3, -0.25) is 0 Å². The molecule has 2 unspecified atom stereocenters. The second kappa shape index (κ2) is 6.16. The van der Waals surface area contributed by atoms with E-state index in [4.69, 9.17) is 0 Å². The molecule has 0 N–H and O–H groups in total. The third kappa shape index (κ3) is 5.88. The molecule has 0 spiro atoms. The zero-order chi connectivity index (χ0) is 19.1. The summed E-state index contributed by atoms with van der Waals surface area (Å²) in [7, 11) is 0. The maximum atomic E-state index is 13.1. The predicted octanol–water partition coefficient (Wildman–Crippen LogP) is 5.31. The summed E-state index contributed by atoms with van der Waals surface area (Å²) in [6, 6.07) is 0. The van der Waals surface area contributed by atoms with Gasteiger partial charge in [-0.15, -0.1) is 0 Å². The van der Waals surface area contributed by atoms with Gasteiger partial charge in [0.05, 0.1) is 0 Å². The molecule has 23 heavy (non-hydrogen) atoms. The predicted molar refractivity (Wildman–Crippen MR) is 46.7 cm³/mol. The summed E-state index contributed by atoms with van der Waals surface area (Å²) in [5, 5.41) is 0. The largest absolute Gasteiger partial charge is 0.423 e. The molecule has 0 aromatic heterocycles. The summed E-state index contributed by atoms with van der Waals surface area (Å²) in [4.78, 5) is 0. The van der Waals surface area contributed by atoms with Crippen molar-refractivity contribution >= 4 is 0 Å². The Balaban J connectivity index is 5.56. The van der Waals surface area contributed by atoms with E-state index in [-0.39, 0.29) is 0 Å². The first-order chi connectivity index (χ1) is 9.72. The topological polar surface area (TPSA) is 9.23 Å². The molecule has 0 aliphatic rings. The van der Waals surface area contributed by atoms with Gasteiger partial charge in [0.2, 0.25) is 0 Å². The van der Waals surface area contributed by atoms with Crippen LogP contribution in [0.3, 0.4) is 0 Å². The van der Waals surface area contributed by atoms with E-state index in [0.717, 1.165) is 0 Å². The lowest BCUT2D eigenvalue weighted by Gasteiger charge is -2.33. The number of hydrogen-bond acceptors (Lipinski definition) is 1. The third-order valence-corrected chi connectivity index (χ3v) is 2.37. The van der Waals surface area contributed by atoms with Crippen molar-refractivity contribution in [2.75, 3.05) is 0 Å². The molecule has 0 amide bonds. The summed E-state index contributed by atoms with van der Waals surface area (Å²) in [6.45, 7) is -0.681. The molecule has 0 aliphatic heterocycles.